The Morgan fingerprint density at radius 2 is 0.500 bits per heavy atom. The molecule has 0 spiro atoms. The molecule has 0 aromatic rings. The summed E-state index contributed by atoms with van der Waals surface area (Å²) in [5.74, 6) is -84.9. The van der Waals surface area contributed by atoms with Gasteiger partial charge in [-0.2, -0.15) is 96.6 Å². The minimum Gasteiger partial charge on any atom is -0.200 e. The highest BCUT2D eigenvalue weighted by Crippen LogP contribution is 2.66. The predicted molar refractivity (Wildman–Crippen MR) is 60.6 cm³/mol. The third kappa shape index (κ3) is 3.62. The molecular formula is C12H3F22. The van der Waals surface area contributed by atoms with Gasteiger partial charge in [-0.25, -0.2) is 0 Å². The molecule has 0 aliphatic heterocycles. The van der Waals surface area contributed by atoms with Gasteiger partial charge < -0.3 is 0 Å². The van der Waals surface area contributed by atoms with Crippen molar-refractivity contribution >= 4 is 0 Å². The molecule has 0 amide bonds. The number of hydrogen-bond acceptors (Lipinski definition) is 0. The summed E-state index contributed by atoms with van der Waals surface area (Å²) in [5, 5.41) is 0. The fraction of sp³-hybridized carbons (Fsp3) is 0.917. The molecule has 34 heavy (non-hydrogen) atoms. The molecule has 0 fully saturated rings. The molecule has 22 heteroatoms. The number of halogens is 22. The van der Waals surface area contributed by atoms with Crippen molar-refractivity contribution in [1.82, 2.24) is 0 Å². The Bertz CT molecular complexity index is 737. The highest BCUT2D eigenvalue weighted by molar-refractivity contribution is 5.19. The van der Waals surface area contributed by atoms with E-state index < -0.39 is 72.6 Å². The molecule has 0 rings (SSSR count). The molecule has 0 unspecified atom stereocenters. The van der Waals surface area contributed by atoms with Gasteiger partial charge in [-0.05, 0) is 0 Å². The quantitative estimate of drug-likeness (QED) is 0.238. The van der Waals surface area contributed by atoms with E-state index in [0.29, 0.717) is 0 Å². The molecule has 0 nitrogen and oxygen atoms in total. The van der Waals surface area contributed by atoms with Crippen LogP contribution in [0, 0.1) is 6.43 Å². The first-order valence-electron chi connectivity index (χ1n) is 7.16. The maximum Gasteiger partial charge on any atom is 0.385 e. The zero-order chi connectivity index (χ0) is 28.6. The van der Waals surface area contributed by atoms with Crippen molar-refractivity contribution in [1.29, 1.82) is 0 Å². The lowest BCUT2D eigenvalue weighted by Crippen LogP contribution is -2.77. The monoisotopic (exact) mass is 565 g/mol. The van der Waals surface area contributed by atoms with Crippen LogP contribution in [-0.2, 0) is 0 Å². The average molecular weight is 565 g/mol. The lowest BCUT2D eigenvalue weighted by molar-refractivity contribution is -0.469. The van der Waals surface area contributed by atoms with Crippen LogP contribution in [0.2, 0.25) is 0 Å². The van der Waals surface area contributed by atoms with Crippen molar-refractivity contribution in [3.8, 4) is 0 Å². The first-order chi connectivity index (χ1) is 14.2. The van der Waals surface area contributed by atoms with Gasteiger partial charge in [-0.3, -0.25) is 0 Å². The van der Waals surface area contributed by atoms with Crippen LogP contribution in [0.4, 0.5) is 96.6 Å². The minimum atomic E-state index is -9.22. The van der Waals surface area contributed by atoms with Crippen LogP contribution in [-0.4, -0.2) is 59.2 Å². The van der Waals surface area contributed by atoms with E-state index in [2.05, 4.69) is 0 Å². The Labute approximate surface area is 170 Å². The second-order valence-corrected chi connectivity index (χ2v) is 6.32. The van der Waals surface area contributed by atoms with E-state index in [-0.39, 0.29) is 0 Å². The van der Waals surface area contributed by atoms with E-state index in [1.807, 2.05) is 0 Å². The highest BCUT2D eigenvalue weighted by Gasteiger charge is 2.97. The Morgan fingerprint density at radius 1 is 0.324 bits per heavy atom. The topological polar surface area (TPSA) is 0 Å². The summed E-state index contributed by atoms with van der Waals surface area (Å²) in [6, 6.07) is 0. The van der Waals surface area contributed by atoms with Crippen LogP contribution in [0.1, 0.15) is 6.92 Å². The van der Waals surface area contributed by atoms with E-state index in [1.165, 1.54) is 0 Å². The molecule has 1 radical (unpaired) electrons. The van der Waals surface area contributed by atoms with Crippen LogP contribution in [0.15, 0.2) is 0 Å². The molecule has 0 aliphatic carbocycles. The van der Waals surface area contributed by atoms with Gasteiger partial charge in [-0.15, -0.1) is 0 Å². The lowest BCUT2D eigenvalue weighted by Gasteiger charge is -2.44. The first kappa shape index (κ1) is 32.5. The molecule has 0 aromatic heterocycles. The normalized spacial score (nSPS) is 16.9. The molecule has 0 aromatic carbocycles. The van der Waals surface area contributed by atoms with Crippen molar-refractivity contribution in [2.75, 3.05) is 0 Å². The maximum absolute atomic E-state index is 13.3. The predicted octanol–water partition coefficient (Wildman–Crippen LogP) is 7.79. The van der Waals surface area contributed by atoms with Crippen LogP contribution in [0.5, 0.6) is 0 Å². The van der Waals surface area contributed by atoms with Crippen LogP contribution < -0.4 is 0 Å². The second-order valence-electron chi connectivity index (χ2n) is 6.32. The Morgan fingerprint density at radius 3 is 0.676 bits per heavy atom. The average Bonchev–Trinajstić information content (AvgIpc) is 2.58. The molecule has 0 atom stereocenters. The van der Waals surface area contributed by atoms with E-state index in [4.69, 9.17) is 0 Å². The Kier molecular flexibility index (Phi) is 7.38. The van der Waals surface area contributed by atoms with Gasteiger partial charge >= 0.3 is 65.7 Å². The lowest BCUT2D eigenvalue weighted by atomic mass is 9.85. The van der Waals surface area contributed by atoms with Crippen LogP contribution in [0.25, 0.3) is 0 Å². The largest absolute Gasteiger partial charge is 0.385 e. The van der Waals surface area contributed by atoms with Gasteiger partial charge in [0.15, 0.2) is 0 Å². The number of rotatable bonds is 10. The third-order valence-electron chi connectivity index (χ3n) is 3.94. The fourth-order valence-electron chi connectivity index (χ4n) is 1.77. The second kappa shape index (κ2) is 7.73. The molecule has 0 saturated heterocycles. The standard InChI is InChI=1S/C12H3F22/c1-3(15,16)5(19,20)7(23,24)9(27,28)11(31,32)12(33,34)10(29,30)8(25,26)6(21,22)4(17,18)2(13)14/h1H3. The van der Waals surface area contributed by atoms with Crippen molar-refractivity contribution in [2.24, 2.45) is 0 Å². The third-order valence-corrected chi connectivity index (χ3v) is 3.94. The molecular weight excluding hydrogens is 562 g/mol. The van der Waals surface area contributed by atoms with Crippen LogP contribution in [0.3, 0.4) is 0 Å². The van der Waals surface area contributed by atoms with Gasteiger partial charge in [0.05, 0.1) is 0 Å². The van der Waals surface area contributed by atoms with E-state index in [0.717, 1.165) is 0 Å². The van der Waals surface area contributed by atoms with Crippen molar-refractivity contribution in [2.45, 2.75) is 66.1 Å². The smallest absolute Gasteiger partial charge is 0.200 e. The summed E-state index contributed by atoms with van der Waals surface area (Å²) in [5.41, 5.74) is 0. The van der Waals surface area contributed by atoms with E-state index in [9.17, 15) is 96.6 Å². The Balaban J connectivity index is 7.08. The molecule has 205 valence electrons. The van der Waals surface area contributed by atoms with Crippen molar-refractivity contribution < 1.29 is 96.6 Å². The van der Waals surface area contributed by atoms with Gasteiger partial charge in [0.2, 0.25) is 0 Å². The van der Waals surface area contributed by atoms with Crippen LogP contribution >= 0.6 is 0 Å². The summed E-state index contributed by atoms with van der Waals surface area (Å²) in [6.07, 6.45) is -5.26. The molecule has 0 N–H and O–H groups in total. The minimum absolute atomic E-state index is 1.43. The molecule has 0 saturated carbocycles. The SMILES string of the molecule is CC(F)(F)C(F)(F)C(F)(F)C(F)(F)C(F)(F)C(F)(F)C(F)(F)C(F)(F)C(F)(F)C(F)(F)[C](F)F. The number of hydrogen-bond donors (Lipinski definition) is 0. The number of alkyl halides is 20. The van der Waals surface area contributed by atoms with Gasteiger partial charge in [0.25, 0.3) is 0 Å². The zero-order valence-electron chi connectivity index (χ0n) is 14.8. The van der Waals surface area contributed by atoms with Gasteiger partial charge in [-0.1, -0.05) is 0 Å². The van der Waals surface area contributed by atoms with Gasteiger partial charge in [0.1, 0.15) is 0 Å². The first-order valence-corrected chi connectivity index (χ1v) is 7.16. The van der Waals surface area contributed by atoms with Crippen molar-refractivity contribution in [3.63, 3.8) is 0 Å². The summed E-state index contributed by atoms with van der Waals surface area (Å²) < 4.78 is 284. The summed E-state index contributed by atoms with van der Waals surface area (Å²) in [6.45, 7) is -1.43. The summed E-state index contributed by atoms with van der Waals surface area (Å²) >= 11 is 0. The summed E-state index contributed by atoms with van der Waals surface area (Å²) in [4.78, 5) is 0. The van der Waals surface area contributed by atoms with Gasteiger partial charge in [0, 0.05) is 6.92 Å². The molecule has 0 heterocycles. The molecule has 0 bridgehead atoms. The Hall–Kier alpha value is -1.54. The van der Waals surface area contributed by atoms with E-state index in [1.54, 1.807) is 0 Å². The zero-order valence-corrected chi connectivity index (χ0v) is 14.8. The van der Waals surface area contributed by atoms with Crippen molar-refractivity contribution in [3.05, 3.63) is 6.43 Å². The summed E-state index contributed by atoms with van der Waals surface area (Å²) in [7, 11) is 0. The molecule has 0 aliphatic rings. The van der Waals surface area contributed by atoms with E-state index >= 15 is 0 Å². The highest BCUT2D eigenvalue weighted by atomic mass is 19.4. The maximum atomic E-state index is 13.3. The fourth-order valence-corrected chi connectivity index (χ4v) is 1.77.